The Kier molecular flexibility index (Phi) is 5.59. The number of benzene rings is 1. The van der Waals surface area contributed by atoms with Gasteiger partial charge in [-0.25, -0.2) is 18.2 Å². The van der Waals surface area contributed by atoms with Gasteiger partial charge in [0.1, 0.15) is 0 Å². The third-order valence-electron chi connectivity index (χ3n) is 5.79. The van der Waals surface area contributed by atoms with Crippen LogP contribution < -0.4 is 16.0 Å². The molecule has 170 valence electrons. The van der Waals surface area contributed by atoms with E-state index in [-0.39, 0.29) is 11.5 Å². The largest absolute Gasteiger partial charge is 0.349 e. The molecule has 12 heteroatoms. The summed E-state index contributed by atoms with van der Waals surface area (Å²) in [5.41, 5.74) is 2.04. The highest BCUT2D eigenvalue weighted by Crippen LogP contribution is 2.25. The van der Waals surface area contributed by atoms with E-state index in [4.69, 9.17) is 0 Å². The van der Waals surface area contributed by atoms with Crippen LogP contribution in [0.3, 0.4) is 0 Å². The molecule has 2 N–H and O–H groups in total. The predicted octanol–water partition coefficient (Wildman–Crippen LogP) is -0.258. The Bertz CT molecular complexity index is 1410. The number of hydrogen-bond donors (Lipinski definition) is 2. The number of aromatic nitrogens is 4. The molecule has 0 bridgehead atoms. The quantitative estimate of drug-likeness (QED) is 0.495. The van der Waals surface area contributed by atoms with Crippen molar-refractivity contribution in [2.24, 2.45) is 0 Å². The standard InChI is InChI=1S/C20H24N6O5S/c1-11-9-13-15(10-12(11)2)26(17-16(21-13)19(28)23-20(29)22-17)8-7-25-6-4-5-14(25)18(27)24-32(3,30)31/h9-10,14H,4-8H2,1-3H3,(H,24,27)(H,23,28,29)/t14-/m0/s1. The lowest BCUT2D eigenvalue weighted by Crippen LogP contribution is -2.46. The third kappa shape index (κ3) is 4.28. The average Bonchev–Trinajstić information content (AvgIpc) is 3.15. The normalized spacial score (nSPS) is 17.3. The topological polar surface area (TPSA) is 147 Å². The first-order chi connectivity index (χ1) is 15.0. The first kappa shape index (κ1) is 22.1. The molecule has 0 unspecified atom stereocenters. The van der Waals surface area contributed by atoms with Crippen LogP contribution in [-0.4, -0.2) is 64.1 Å². The Morgan fingerprint density at radius 2 is 1.91 bits per heavy atom. The second-order valence-corrected chi connectivity index (χ2v) is 9.91. The van der Waals surface area contributed by atoms with Crippen LogP contribution in [0.15, 0.2) is 21.7 Å². The van der Waals surface area contributed by atoms with Gasteiger partial charge in [0.2, 0.25) is 10.0 Å². The monoisotopic (exact) mass is 460 g/mol. The van der Waals surface area contributed by atoms with Crippen molar-refractivity contribution >= 4 is 27.0 Å². The summed E-state index contributed by atoms with van der Waals surface area (Å²) in [5.74, 6) is -0.381. The maximum Gasteiger partial charge on any atom is 0.349 e. The highest BCUT2D eigenvalue weighted by molar-refractivity contribution is 7.89. The van der Waals surface area contributed by atoms with E-state index in [1.54, 1.807) is 4.57 Å². The van der Waals surface area contributed by atoms with Crippen LogP contribution in [0.5, 0.6) is 0 Å². The number of likely N-dealkylation sites (tertiary alicyclic amines) is 1. The minimum Gasteiger partial charge on any atom is -0.321 e. The zero-order valence-corrected chi connectivity index (χ0v) is 18.8. The first-order valence-electron chi connectivity index (χ1n) is 10.2. The minimum atomic E-state index is -3.65. The van der Waals surface area contributed by atoms with E-state index >= 15 is 0 Å². The molecule has 1 amide bonds. The molecular formula is C20H24N6O5S. The van der Waals surface area contributed by atoms with Gasteiger partial charge in [0.25, 0.3) is 11.5 Å². The SMILES string of the molecule is Cc1cc2nc3c(=O)[nH]c(=O)nc-3n(CCN3CCC[C@H]3C(=O)NS(C)(=O)=O)c2cc1C. The molecule has 32 heavy (non-hydrogen) atoms. The molecular weight excluding hydrogens is 436 g/mol. The lowest BCUT2D eigenvalue weighted by atomic mass is 10.1. The molecule has 1 atom stereocenters. The molecule has 1 saturated heterocycles. The maximum absolute atomic E-state index is 12.4. The summed E-state index contributed by atoms with van der Waals surface area (Å²) < 4.78 is 26.8. The third-order valence-corrected chi connectivity index (χ3v) is 6.36. The molecule has 11 nitrogen and oxygen atoms in total. The Hall–Kier alpha value is -3.12. The van der Waals surface area contributed by atoms with Crippen molar-refractivity contribution in [1.82, 2.24) is 29.1 Å². The number of carbonyl (C=O) groups excluding carboxylic acids is 1. The molecule has 0 aliphatic carbocycles. The molecule has 0 aromatic heterocycles. The molecule has 4 rings (SSSR count). The number of fused-ring (bicyclic) bond motifs is 2. The Labute approximate surface area is 183 Å². The molecule has 0 radical (unpaired) electrons. The summed E-state index contributed by atoms with van der Waals surface area (Å²) >= 11 is 0. The number of carbonyl (C=O) groups is 1. The van der Waals surface area contributed by atoms with Gasteiger partial charge in [0, 0.05) is 13.1 Å². The fourth-order valence-corrected chi connectivity index (χ4v) is 4.65. The first-order valence-corrected chi connectivity index (χ1v) is 12.1. The van der Waals surface area contributed by atoms with Gasteiger partial charge < -0.3 is 4.57 Å². The van der Waals surface area contributed by atoms with E-state index in [1.165, 1.54) is 0 Å². The van der Waals surface area contributed by atoms with E-state index in [2.05, 4.69) is 19.7 Å². The van der Waals surface area contributed by atoms with Crippen molar-refractivity contribution in [2.75, 3.05) is 19.3 Å². The number of rotatable bonds is 5. The van der Waals surface area contributed by atoms with E-state index in [9.17, 15) is 22.8 Å². The zero-order valence-electron chi connectivity index (χ0n) is 18.0. The van der Waals surface area contributed by atoms with E-state index < -0.39 is 33.2 Å². The van der Waals surface area contributed by atoms with E-state index in [0.29, 0.717) is 31.6 Å². The zero-order chi connectivity index (χ0) is 23.2. The van der Waals surface area contributed by atoms with Crippen molar-refractivity contribution in [1.29, 1.82) is 0 Å². The molecule has 1 aromatic rings. The van der Waals surface area contributed by atoms with Gasteiger partial charge in [-0.15, -0.1) is 0 Å². The number of aryl methyl sites for hydroxylation is 2. The summed E-state index contributed by atoms with van der Waals surface area (Å²) in [4.78, 5) is 49.2. The van der Waals surface area contributed by atoms with Crippen molar-refractivity contribution in [2.45, 2.75) is 39.3 Å². The van der Waals surface area contributed by atoms with Crippen LogP contribution in [0, 0.1) is 13.8 Å². The molecule has 3 heterocycles. The minimum absolute atomic E-state index is 0.0631. The van der Waals surface area contributed by atoms with Gasteiger partial charge in [-0.05, 0) is 56.5 Å². The lowest BCUT2D eigenvalue weighted by molar-refractivity contribution is -0.123. The van der Waals surface area contributed by atoms with Crippen molar-refractivity contribution in [3.63, 3.8) is 0 Å². The van der Waals surface area contributed by atoms with Gasteiger partial charge >= 0.3 is 5.69 Å². The van der Waals surface area contributed by atoms with Gasteiger partial charge in [-0.1, -0.05) is 0 Å². The Morgan fingerprint density at radius 3 is 2.62 bits per heavy atom. The average molecular weight is 461 g/mol. The maximum atomic E-state index is 12.4. The van der Waals surface area contributed by atoms with Gasteiger partial charge in [0.15, 0.2) is 11.5 Å². The van der Waals surface area contributed by atoms with Crippen LogP contribution in [0.25, 0.3) is 22.6 Å². The van der Waals surface area contributed by atoms with Gasteiger partial charge in [-0.2, -0.15) is 4.98 Å². The van der Waals surface area contributed by atoms with Crippen molar-refractivity contribution < 1.29 is 13.2 Å². The second-order valence-electron chi connectivity index (χ2n) is 8.16. The Morgan fingerprint density at radius 1 is 1.19 bits per heavy atom. The number of sulfonamides is 1. The fraction of sp³-hybridized carbons (Fsp3) is 0.450. The summed E-state index contributed by atoms with van der Waals surface area (Å²) in [6, 6.07) is 3.24. The highest BCUT2D eigenvalue weighted by Gasteiger charge is 2.32. The summed E-state index contributed by atoms with van der Waals surface area (Å²) in [5, 5.41) is 0. The number of hydrogen-bond acceptors (Lipinski definition) is 8. The van der Waals surface area contributed by atoms with E-state index in [1.807, 2.05) is 30.9 Å². The molecule has 3 aliphatic rings. The number of H-pyrrole nitrogens is 1. The fourth-order valence-electron chi connectivity index (χ4n) is 4.15. The van der Waals surface area contributed by atoms with Gasteiger partial charge in [0.05, 0.1) is 23.3 Å². The second kappa shape index (κ2) is 8.10. The number of nitrogens with one attached hydrogen (secondary N) is 2. The van der Waals surface area contributed by atoms with Crippen molar-refractivity contribution in [3.8, 4) is 11.5 Å². The predicted molar refractivity (Wildman–Crippen MR) is 118 cm³/mol. The molecule has 1 aromatic carbocycles. The van der Waals surface area contributed by atoms with Crippen LogP contribution in [0.4, 0.5) is 0 Å². The number of aromatic amines is 1. The molecule has 0 spiro atoms. The van der Waals surface area contributed by atoms with Crippen LogP contribution >= 0.6 is 0 Å². The van der Waals surface area contributed by atoms with Crippen LogP contribution in [-0.2, 0) is 21.4 Å². The van der Waals surface area contributed by atoms with Crippen molar-refractivity contribution in [3.05, 3.63) is 44.1 Å². The Balaban J connectivity index is 1.74. The summed E-state index contributed by atoms with van der Waals surface area (Å²) in [6.07, 6.45) is 2.25. The molecule has 3 aliphatic heterocycles. The van der Waals surface area contributed by atoms with Crippen LogP contribution in [0.1, 0.15) is 24.0 Å². The molecule has 1 fully saturated rings. The summed E-state index contributed by atoms with van der Waals surface area (Å²) in [6.45, 7) is 5.26. The number of amides is 1. The number of nitrogens with zero attached hydrogens (tertiary/aromatic N) is 4. The highest BCUT2D eigenvalue weighted by atomic mass is 32.2. The lowest BCUT2D eigenvalue weighted by Gasteiger charge is -2.25. The molecule has 0 saturated carbocycles. The smallest absolute Gasteiger partial charge is 0.321 e. The van der Waals surface area contributed by atoms with Crippen LogP contribution in [0.2, 0.25) is 0 Å². The van der Waals surface area contributed by atoms with Gasteiger partial charge in [-0.3, -0.25) is 24.2 Å². The van der Waals surface area contributed by atoms with E-state index in [0.717, 1.165) is 29.3 Å². The summed E-state index contributed by atoms with van der Waals surface area (Å²) in [7, 11) is -3.65.